The Balaban J connectivity index is 4.31. The molecule has 6 heteroatoms. The number of hydrogen-bond donors (Lipinski definition) is 0. The predicted molar refractivity (Wildman–Crippen MR) is 243 cm³/mol. The molecule has 0 aromatic heterocycles. The van der Waals surface area contributed by atoms with Crippen molar-refractivity contribution < 1.29 is 28.6 Å². The molecule has 0 amide bonds. The molecular weight excluding hydrogens is 709 g/mol. The molecule has 338 valence electrons. The lowest BCUT2D eigenvalue weighted by Crippen LogP contribution is -2.30. The van der Waals surface area contributed by atoms with Crippen LogP contribution in [0.2, 0.25) is 0 Å². The standard InChI is InChI=1S/C51H98O6/c1-6-8-9-10-11-12-13-14-15-16-19-22-25-31-36-41-49(52)55-44-48(45-56-50(53)42-37-32-28-27-30-35-40-47(5)7-2)57-51(54)43-38-33-26-23-20-17-18-21-24-29-34-39-46(3)4/h46-48H,6-45H2,1-5H3/t47?,48-/m1/s1. The number of esters is 3. The van der Waals surface area contributed by atoms with E-state index in [2.05, 4.69) is 34.6 Å². The largest absolute Gasteiger partial charge is 0.462 e. The highest BCUT2D eigenvalue weighted by atomic mass is 16.6. The van der Waals surface area contributed by atoms with Gasteiger partial charge >= 0.3 is 17.9 Å². The van der Waals surface area contributed by atoms with Gasteiger partial charge in [0, 0.05) is 19.3 Å². The van der Waals surface area contributed by atoms with Crippen LogP contribution in [-0.2, 0) is 28.6 Å². The van der Waals surface area contributed by atoms with Crippen LogP contribution in [0.15, 0.2) is 0 Å². The Morgan fingerprint density at radius 3 is 1.00 bits per heavy atom. The van der Waals surface area contributed by atoms with Crippen molar-refractivity contribution in [1.29, 1.82) is 0 Å². The molecule has 0 rings (SSSR count). The van der Waals surface area contributed by atoms with Crippen LogP contribution < -0.4 is 0 Å². The summed E-state index contributed by atoms with van der Waals surface area (Å²) in [6.07, 6.45) is 43.7. The van der Waals surface area contributed by atoms with Crippen molar-refractivity contribution in [3.63, 3.8) is 0 Å². The Labute approximate surface area is 355 Å². The summed E-state index contributed by atoms with van der Waals surface area (Å²) in [5, 5.41) is 0. The monoisotopic (exact) mass is 807 g/mol. The third-order valence-corrected chi connectivity index (χ3v) is 11.8. The van der Waals surface area contributed by atoms with Crippen LogP contribution in [0.5, 0.6) is 0 Å². The Morgan fingerprint density at radius 2 is 0.667 bits per heavy atom. The topological polar surface area (TPSA) is 78.9 Å². The molecule has 0 aromatic rings. The molecule has 0 N–H and O–H groups in total. The summed E-state index contributed by atoms with van der Waals surface area (Å²) in [5.74, 6) is 0.786. The maximum atomic E-state index is 12.8. The molecule has 0 saturated carbocycles. The SMILES string of the molecule is CCCCCCCCCCCCCCCCCC(=O)OC[C@H](COC(=O)CCCCCCCCC(C)CC)OC(=O)CCCCCCCCCCCCCC(C)C. The molecule has 0 spiro atoms. The molecule has 0 bridgehead atoms. The van der Waals surface area contributed by atoms with Crippen molar-refractivity contribution in [2.24, 2.45) is 11.8 Å². The number of hydrogen-bond acceptors (Lipinski definition) is 6. The smallest absolute Gasteiger partial charge is 0.306 e. The van der Waals surface area contributed by atoms with Gasteiger partial charge in [0.05, 0.1) is 0 Å². The van der Waals surface area contributed by atoms with Crippen LogP contribution >= 0.6 is 0 Å². The Bertz CT molecular complexity index is 872. The normalized spacial score (nSPS) is 12.5. The highest BCUT2D eigenvalue weighted by Gasteiger charge is 2.19. The molecule has 0 aliphatic rings. The van der Waals surface area contributed by atoms with E-state index in [-0.39, 0.29) is 31.1 Å². The highest BCUT2D eigenvalue weighted by molar-refractivity contribution is 5.71. The Hall–Kier alpha value is -1.59. The number of carbonyl (C=O) groups is 3. The first kappa shape index (κ1) is 55.4. The first-order chi connectivity index (χ1) is 27.8. The van der Waals surface area contributed by atoms with Gasteiger partial charge < -0.3 is 14.2 Å². The van der Waals surface area contributed by atoms with Crippen LogP contribution in [0.25, 0.3) is 0 Å². The first-order valence-electron chi connectivity index (χ1n) is 25.3. The van der Waals surface area contributed by atoms with Crippen LogP contribution in [0, 0.1) is 11.8 Å². The van der Waals surface area contributed by atoms with Crippen LogP contribution in [0.1, 0.15) is 279 Å². The van der Waals surface area contributed by atoms with Gasteiger partial charge in [0.2, 0.25) is 0 Å². The van der Waals surface area contributed by atoms with E-state index >= 15 is 0 Å². The minimum Gasteiger partial charge on any atom is -0.462 e. The van der Waals surface area contributed by atoms with Crippen molar-refractivity contribution >= 4 is 17.9 Å². The number of rotatable bonds is 45. The van der Waals surface area contributed by atoms with E-state index in [4.69, 9.17) is 14.2 Å². The molecule has 57 heavy (non-hydrogen) atoms. The summed E-state index contributed by atoms with van der Waals surface area (Å²) in [7, 11) is 0. The number of unbranched alkanes of at least 4 members (excludes halogenated alkanes) is 29. The molecule has 0 heterocycles. The molecule has 0 aliphatic carbocycles. The van der Waals surface area contributed by atoms with E-state index in [9.17, 15) is 14.4 Å². The lowest BCUT2D eigenvalue weighted by atomic mass is 10.00. The van der Waals surface area contributed by atoms with Gasteiger partial charge in [-0.2, -0.15) is 0 Å². The molecule has 0 aromatic carbocycles. The summed E-state index contributed by atoms with van der Waals surface area (Å²) in [6.45, 7) is 11.3. The maximum Gasteiger partial charge on any atom is 0.306 e. The second kappa shape index (κ2) is 44.0. The van der Waals surface area contributed by atoms with E-state index in [1.165, 1.54) is 167 Å². The van der Waals surface area contributed by atoms with Gasteiger partial charge in [-0.15, -0.1) is 0 Å². The van der Waals surface area contributed by atoms with Crippen LogP contribution in [0.3, 0.4) is 0 Å². The van der Waals surface area contributed by atoms with Crippen molar-refractivity contribution in [3.8, 4) is 0 Å². The summed E-state index contributed by atoms with van der Waals surface area (Å²) < 4.78 is 16.8. The quantitative estimate of drug-likeness (QED) is 0.0346. The van der Waals surface area contributed by atoms with E-state index in [0.29, 0.717) is 19.3 Å². The van der Waals surface area contributed by atoms with Crippen LogP contribution in [-0.4, -0.2) is 37.2 Å². The van der Waals surface area contributed by atoms with E-state index in [1.807, 2.05) is 0 Å². The average molecular weight is 807 g/mol. The van der Waals surface area contributed by atoms with Crippen molar-refractivity contribution in [3.05, 3.63) is 0 Å². The van der Waals surface area contributed by atoms with Gasteiger partial charge in [-0.05, 0) is 31.1 Å². The first-order valence-corrected chi connectivity index (χ1v) is 25.3. The fourth-order valence-electron chi connectivity index (χ4n) is 7.60. The summed E-state index contributed by atoms with van der Waals surface area (Å²) in [6, 6.07) is 0. The average Bonchev–Trinajstić information content (AvgIpc) is 3.19. The minimum atomic E-state index is -0.762. The van der Waals surface area contributed by atoms with Gasteiger partial charge in [-0.25, -0.2) is 0 Å². The van der Waals surface area contributed by atoms with Gasteiger partial charge in [0.15, 0.2) is 6.10 Å². The fourth-order valence-corrected chi connectivity index (χ4v) is 7.60. The van der Waals surface area contributed by atoms with E-state index in [1.54, 1.807) is 0 Å². The van der Waals surface area contributed by atoms with E-state index in [0.717, 1.165) is 69.6 Å². The molecule has 1 unspecified atom stereocenters. The third-order valence-electron chi connectivity index (χ3n) is 11.8. The fraction of sp³-hybridized carbons (Fsp3) is 0.941. The van der Waals surface area contributed by atoms with Crippen molar-refractivity contribution in [1.82, 2.24) is 0 Å². The number of ether oxygens (including phenoxy) is 3. The Kier molecular flexibility index (Phi) is 42.7. The molecule has 2 atom stereocenters. The van der Waals surface area contributed by atoms with Crippen molar-refractivity contribution in [2.75, 3.05) is 13.2 Å². The summed E-state index contributed by atoms with van der Waals surface area (Å²) in [4.78, 5) is 37.9. The van der Waals surface area contributed by atoms with E-state index < -0.39 is 6.10 Å². The molecule has 0 fully saturated rings. The second-order valence-corrected chi connectivity index (χ2v) is 18.2. The second-order valence-electron chi connectivity index (χ2n) is 18.2. The van der Waals surface area contributed by atoms with Crippen LogP contribution in [0.4, 0.5) is 0 Å². The van der Waals surface area contributed by atoms with Gasteiger partial charge in [-0.3, -0.25) is 14.4 Å². The molecule has 0 aliphatic heterocycles. The van der Waals surface area contributed by atoms with Gasteiger partial charge in [-0.1, -0.05) is 240 Å². The lowest BCUT2D eigenvalue weighted by molar-refractivity contribution is -0.167. The summed E-state index contributed by atoms with van der Waals surface area (Å²) in [5.41, 5.74) is 0. The molecule has 6 nitrogen and oxygen atoms in total. The van der Waals surface area contributed by atoms with Gasteiger partial charge in [0.1, 0.15) is 13.2 Å². The zero-order chi connectivity index (χ0) is 41.9. The predicted octanol–water partition coefficient (Wildman–Crippen LogP) is 16.1. The zero-order valence-electron chi connectivity index (χ0n) is 39.0. The van der Waals surface area contributed by atoms with Crippen molar-refractivity contribution in [2.45, 2.75) is 285 Å². The highest BCUT2D eigenvalue weighted by Crippen LogP contribution is 2.17. The molecule has 0 radical (unpaired) electrons. The minimum absolute atomic E-state index is 0.0645. The summed E-state index contributed by atoms with van der Waals surface area (Å²) >= 11 is 0. The lowest BCUT2D eigenvalue weighted by Gasteiger charge is -2.18. The zero-order valence-corrected chi connectivity index (χ0v) is 39.0. The molecule has 0 saturated heterocycles. The maximum absolute atomic E-state index is 12.8. The third kappa shape index (κ3) is 43.8. The molecular formula is C51H98O6. The van der Waals surface area contributed by atoms with Gasteiger partial charge in [0.25, 0.3) is 0 Å². The Morgan fingerprint density at radius 1 is 0.368 bits per heavy atom. The number of carbonyl (C=O) groups excluding carboxylic acids is 3.